The van der Waals surface area contributed by atoms with Gasteiger partial charge in [-0.15, -0.1) is 0 Å². The lowest BCUT2D eigenvalue weighted by Crippen LogP contribution is -2.41. The number of hydrogen-bond donors (Lipinski definition) is 2. The fourth-order valence-electron chi connectivity index (χ4n) is 2.48. The molecular formula is C17H23N5O3S. The highest BCUT2D eigenvalue weighted by Gasteiger charge is 2.23. The molecular weight excluding hydrogens is 354 g/mol. The van der Waals surface area contributed by atoms with Gasteiger partial charge in [0.2, 0.25) is 5.91 Å². The van der Waals surface area contributed by atoms with Crippen LogP contribution in [0.4, 0.5) is 11.5 Å². The predicted octanol–water partition coefficient (Wildman–Crippen LogP) is 1.46. The van der Waals surface area contributed by atoms with E-state index in [0.717, 1.165) is 12.8 Å². The van der Waals surface area contributed by atoms with Gasteiger partial charge in [0.25, 0.3) is 5.56 Å². The van der Waals surface area contributed by atoms with Gasteiger partial charge in [0, 0.05) is 19.3 Å². The van der Waals surface area contributed by atoms with Crippen molar-refractivity contribution in [3.05, 3.63) is 45.2 Å². The van der Waals surface area contributed by atoms with Crippen LogP contribution in [0.3, 0.4) is 0 Å². The molecule has 2 aromatic heterocycles. The van der Waals surface area contributed by atoms with Crippen molar-refractivity contribution >= 4 is 29.2 Å². The Morgan fingerprint density at radius 1 is 1.35 bits per heavy atom. The second-order valence-corrected chi connectivity index (χ2v) is 6.59. The maximum Gasteiger partial charge on any atom is 0.330 e. The number of unbranched alkanes of at least 4 members (excludes halogenated alkanes) is 1. The van der Waals surface area contributed by atoms with Gasteiger partial charge in [0.15, 0.2) is 5.69 Å². The van der Waals surface area contributed by atoms with Crippen molar-refractivity contribution in [1.29, 1.82) is 0 Å². The summed E-state index contributed by atoms with van der Waals surface area (Å²) in [6.07, 6.45) is 3.26. The van der Waals surface area contributed by atoms with Crippen LogP contribution in [0.5, 0.6) is 0 Å². The summed E-state index contributed by atoms with van der Waals surface area (Å²) in [5.74, 6) is -0.149. The summed E-state index contributed by atoms with van der Waals surface area (Å²) in [7, 11) is 0. The zero-order chi connectivity index (χ0) is 19.1. The van der Waals surface area contributed by atoms with E-state index in [2.05, 4.69) is 9.97 Å². The SMILES string of the molecule is CCCCn1c(N)c(N(CC)C(=O)CSc2ccccn2)c(=O)[nH]c1=O. The molecule has 0 bridgehead atoms. The summed E-state index contributed by atoms with van der Waals surface area (Å²) < 4.78 is 1.31. The molecule has 2 heterocycles. The topological polar surface area (TPSA) is 114 Å². The Morgan fingerprint density at radius 2 is 2.12 bits per heavy atom. The number of pyridine rings is 1. The van der Waals surface area contributed by atoms with Gasteiger partial charge in [0.05, 0.1) is 10.8 Å². The van der Waals surface area contributed by atoms with E-state index in [-0.39, 0.29) is 29.7 Å². The number of rotatable bonds is 8. The smallest absolute Gasteiger partial charge is 0.330 e. The standard InChI is InChI=1S/C17H23N5O3S/c1-3-5-10-22-15(18)14(16(24)20-17(22)25)21(4-2)13(23)11-26-12-8-6-7-9-19-12/h6-9H,3-5,10-11,18H2,1-2H3,(H,20,24,25). The Labute approximate surface area is 155 Å². The number of anilines is 2. The number of aromatic amines is 1. The quantitative estimate of drug-likeness (QED) is 0.673. The lowest BCUT2D eigenvalue weighted by atomic mass is 10.3. The van der Waals surface area contributed by atoms with Crippen molar-refractivity contribution in [3.8, 4) is 0 Å². The number of hydrogen-bond acceptors (Lipinski definition) is 6. The van der Waals surface area contributed by atoms with Crippen LogP contribution in [-0.2, 0) is 11.3 Å². The van der Waals surface area contributed by atoms with E-state index in [1.807, 2.05) is 13.0 Å². The van der Waals surface area contributed by atoms with Crippen molar-refractivity contribution in [2.75, 3.05) is 22.9 Å². The van der Waals surface area contributed by atoms with Gasteiger partial charge in [-0.2, -0.15) is 0 Å². The predicted molar refractivity (Wildman–Crippen MR) is 104 cm³/mol. The number of nitrogens with one attached hydrogen (secondary N) is 1. The van der Waals surface area contributed by atoms with Crippen molar-refractivity contribution < 1.29 is 4.79 Å². The van der Waals surface area contributed by atoms with Gasteiger partial charge in [-0.1, -0.05) is 31.2 Å². The van der Waals surface area contributed by atoms with E-state index in [9.17, 15) is 14.4 Å². The number of nitrogens with zero attached hydrogens (tertiary/aromatic N) is 3. The van der Waals surface area contributed by atoms with Gasteiger partial charge in [-0.3, -0.25) is 19.1 Å². The van der Waals surface area contributed by atoms with Gasteiger partial charge >= 0.3 is 5.69 Å². The molecule has 0 spiro atoms. The Balaban J connectivity index is 2.29. The van der Waals surface area contributed by atoms with Crippen LogP contribution < -0.4 is 21.9 Å². The summed E-state index contributed by atoms with van der Waals surface area (Å²) in [6.45, 7) is 4.40. The Hall–Kier alpha value is -2.55. The van der Waals surface area contributed by atoms with E-state index in [1.165, 1.54) is 21.2 Å². The zero-order valence-electron chi connectivity index (χ0n) is 14.9. The first-order valence-electron chi connectivity index (χ1n) is 8.46. The number of carbonyl (C=O) groups is 1. The van der Waals surface area contributed by atoms with Crippen LogP contribution in [-0.4, -0.2) is 32.7 Å². The second-order valence-electron chi connectivity index (χ2n) is 5.59. The molecule has 26 heavy (non-hydrogen) atoms. The maximum atomic E-state index is 12.6. The van der Waals surface area contributed by atoms with Crippen molar-refractivity contribution in [1.82, 2.24) is 14.5 Å². The van der Waals surface area contributed by atoms with Gasteiger partial charge < -0.3 is 10.6 Å². The number of nitrogen functional groups attached to an aromatic ring is 1. The third-order valence-corrected chi connectivity index (χ3v) is 4.75. The Bertz CT molecular complexity index is 863. The third-order valence-electron chi connectivity index (χ3n) is 3.82. The highest BCUT2D eigenvalue weighted by molar-refractivity contribution is 7.99. The average Bonchev–Trinajstić information content (AvgIpc) is 2.63. The molecule has 0 atom stereocenters. The molecule has 9 heteroatoms. The van der Waals surface area contributed by atoms with Crippen LogP contribution in [0.15, 0.2) is 39.0 Å². The van der Waals surface area contributed by atoms with Crippen LogP contribution in [0.2, 0.25) is 0 Å². The monoisotopic (exact) mass is 377 g/mol. The molecule has 3 N–H and O–H groups in total. The molecule has 8 nitrogen and oxygen atoms in total. The molecule has 0 radical (unpaired) electrons. The summed E-state index contributed by atoms with van der Waals surface area (Å²) >= 11 is 1.28. The second kappa shape index (κ2) is 9.23. The molecule has 0 aliphatic heterocycles. The first-order chi connectivity index (χ1) is 12.5. The van der Waals surface area contributed by atoms with E-state index in [0.29, 0.717) is 11.6 Å². The molecule has 1 amide bonds. The molecule has 0 aromatic carbocycles. The minimum Gasteiger partial charge on any atom is -0.383 e. The van der Waals surface area contributed by atoms with Gasteiger partial charge in [-0.25, -0.2) is 9.78 Å². The van der Waals surface area contributed by atoms with E-state index in [1.54, 1.807) is 25.3 Å². The van der Waals surface area contributed by atoms with Gasteiger partial charge in [-0.05, 0) is 25.5 Å². The lowest BCUT2D eigenvalue weighted by molar-refractivity contribution is -0.116. The summed E-state index contributed by atoms with van der Waals surface area (Å²) in [4.78, 5) is 44.7. The highest BCUT2D eigenvalue weighted by Crippen LogP contribution is 2.20. The van der Waals surface area contributed by atoms with E-state index >= 15 is 0 Å². The van der Waals surface area contributed by atoms with Crippen LogP contribution >= 0.6 is 11.8 Å². The molecule has 0 aliphatic carbocycles. The number of nitrogens with two attached hydrogens (primary N) is 1. The number of amides is 1. The molecule has 0 aliphatic rings. The Morgan fingerprint density at radius 3 is 2.73 bits per heavy atom. The van der Waals surface area contributed by atoms with Crippen molar-refractivity contribution in [2.24, 2.45) is 0 Å². The minimum atomic E-state index is -0.654. The summed E-state index contributed by atoms with van der Waals surface area (Å²) in [5, 5.41) is 0.715. The largest absolute Gasteiger partial charge is 0.383 e. The number of carbonyl (C=O) groups excluding carboxylic acids is 1. The lowest BCUT2D eigenvalue weighted by Gasteiger charge is -2.23. The Kier molecular flexibility index (Phi) is 7.02. The van der Waals surface area contributed by atoms with E-state index < -0.39 is 11.2 Å². The molecule has 2 rings (SSSR count). The molecule has 2 aromatic rings. The number of thioether (sulfide) groups is 1. The fraction of sp³-hybridized carbons (Fsp3) is 0.412. The molecule has 0 fully saturated rings. The van der Waals surface area contributed by atoms with E-state index in [4.69, 9.17) is 5.73 Å². The molecule has 0 saturated heterocycles. The highest BCUT2D eigenvalue weighted by atomic mass is 32.2. The zero-order valence-corrected chi connectivity index (χ0v) is 15.7. The average molecular weight is 377 g/mol. The van der Waals surface area contributed by atoms with Crippen LogP contribution in [0.1, 0.15) is 26.7 Å². The fourth-order valence-corrected chi connectivity index (χ4v) is 3.22. The third kappa shape index (κ3) is 4.54. The molecule has 0 saturated carbocycles. The normalized spacial score (nSPS) is 10.7. The first-order valence-corrected chi connectivity index (χ1v) is 9.44. The summed E-state index contributed by atoms with van der Waals surface area (Å²) in [5.41, 5.74) is 4.89. The van der Waals surface area contributed by atoms with Crippen LogP contribution in [0.25, 0.3) is 0 Å². The van der Waals surface area contributed by atoms with Crippen molar-refractivity contribution in [2.45, 2.75) is 38.3 Å². The number of aromatic nitrogens is 3. The molecule has 140 valence electrons. The minimum absolute atomic E-state index is 0.0187. The number of H-pyrrole nitrogens is 1. The first kappa shape index (κ1) is 19.8. The van der Waals surface area contributed by atoms with Crippen LogP contribution in [0, 0.1) is 0 Å². The van der Waals surface area contributed by atoms with Crippen molar-refractivity contribution in [3.63, 3.8) is 0 Å². The summed E-state index contributed by atoms with van der Waals surface area (Å²) in [6, 6.07) is 5.44. The van der Waals surface area contributed by atoms with Gasteiger partial charge in [0.1, 0.15) is 5.82 Å². The maximum absolute atomic E-state index is 12.6. The molecule has 0 unspecified atom stereocenters.